The Kier molecular flexibility index (Phi) is 2.93. The van der Waals surface area contributed by atoms with Crippen LogP contribution in [0.3, 0.4) is 0 Å². The van der Waals surface area contributed by atoms with Crippen LogP contribution in [0.4, 0.5) is 0 Å². The van der Waals surface area contributed by atoms with E-state index in [2.05, 4.69) is 22.9 Å². The first-order chi connectivity index (χ1) is 9.16. The zero-order chi connectivity index (χ0) is 13.4. The van der Waals surface area contributed by atoms with E-state index < -0.39 is 0 Å². The molecule has 19 heavy (non-hydrogen) atoms. The summed E-state index contributed by atoms with van der Waals surface area (Å²) in [6.07, 6.45) is 2.44. The number of aliphatic imine (C=N–C) groups is 1. The second kappa shape index (κ2) is 4.61. The number of nitrogens with zero attached hydrogens (tertiary/aromatic N) is 2. The van der Waals surface area contributed by atoms with Gasteiger partial charge in [0.05, 0.1) is 0 Å². The molecule has 2 aromatic rings. The van der Waals surface area contributed by atoms with Gasteiger partial charge < -0.3 is 15.1 Å². The standard InChI is InChI=1S/C15H19N3O/c1-10-12-5-3-4-6-13(12)19-14(10)9-17-15(16)18(2)11-7-8-11/h3-6,11H,7-9H2,1-2H3,(H2,16,17). The van der Waals surface area contributed by atoms with E-state index in [1.165, 1.54) is 12.8 Å². The predicted octanol–water partition coefficient (Wildman–Crippen LogP) is 2.65. The lowest BCUT2D eigenvalue weighted by atomic mass is 10.1. The second-order valence-electron chi connectivity index (χ2n) is 5.16. The molecule has 0 spiro atoms. The Morgan fingerprint density at radius 3 is 2.84 bits per heavy atom. The van der Waals surface area contributed by atoms with Gasteiger partial charge in [0.15, 0.2) is 5.96 Å². The Balaban J connectivity index is 1.81. The molecule has 3 rings (SSSR count). The number of benzene rings is 1. The van der Waals surface area contributed by atoms with Gasteiger partial charge in [0, 0.05) is 24.0 Å². The van der Waals surface area contributed by atoms with Crippen molar-refractivity contribution in [3.8, 4) is 0 Å². The summed E-state index contributed by atoms with van der Waals surface area (Å²) in [5.74, 6) is 1.50. The first-order valence-corrected chi connectivity index (χ1v) is 6.66. The second-order valence-corrected chi connectivity index (χ2v) is 5.16. The number of hydrogen-bond acceptors (Lipinski definition) is 2. The highest BCUT2D eigenvalue weighted by Crippen LogP contribution is 2.26. The third kappa shape index (κ3) is 2.30. The normalized spacial score (nSPS) is 16.0. The third-order valence-corrected chi connectivity index (χ3v) is 3.78. The summed E-state index contributed by atoms with van der Waals surface area (Å²) >= 11 is 0. The van der Waals surface area contributed by atoms with Crippen molar-refractivity contribution in [3.63, 3.8) is 0 Å². The molecule has 1 aromatic carbocycles. The van der Waals surface area contributed by atoms with E-state index in [0.29, 0.717) is 18.5 Å². The van der Waals surface area contributed by atoms with E-state index >= 15 is 0 Å². The zero-order valence-corrected chi connectivity index (χ0v) is 11.4. The third-order valence-electron chi connectivity index (χ3n) is 3.78. The SMILES string of the molecule is Cc1c(CN=C(N)N(C)C2CC2)oc2ccccc12. The minimum absolute atomic E-state index is 0.503. The number of fused-ring (bicyclic) bond motifs is 1. The molecule has 1 aliphatic rings. The van der Waals surface area contributed by atoms with Crippen LogP contribution in [-0.4, -0.2) is 23.9 Å². The molecule has 1 saturated carbocycles. The highest BCUT2D eigenvalue weighted by atomic mass is 16.3. The van der Waals surface area contributed by atoms with E-state index in [0.717, 1.165) is 22.3 Å². The van der Waals surface area contributed by atoms with Gasteiger partial charge in [0.2, 0.25) is 0 Å². The smallest absolute Gasteiger partial charge is 0.191 e. The molecule has 0 radical (unpaired) electrons. The van der Waals surface area contributed by atoms with Crippen LogP contribution in [0.15, 0.2) is 33.7 Å². The van der Waals surface area contributed by atoms with Crippen LogP contribution >= 0.6 is 0 Å². The average Bonchev–Trinajstić information content (AvgIpc) is 3.22. The Morgan fingerprint density at radius 2 is 2.16 bits per heavy atom. The van der Waals surface area contributed by atoms with Gasteiger partial charge in [-0.25, -0.2) is 4.99 Å². The van der Waals surface area contributed by atoms with Gasteiger partial charge in [-0.2, -0.15) is 0 Å². The van der Waals surface area contributed by atoms with E-state index in [9.17, 15) is 0 Å². The molecule has 0 amide bonds. The van der Waals surface area contributed by atoms with Crippen LogP contribution in [0.1, 0.15) is 24.2 Å². The molecule has 0 aliphatic heterocycles. The minimum atomic E-state index is 0.503. The monoisotopic (exact) mass is 257 g/mol. The lowest BCUT2D eigenvalue weighted by molar-refractivity contribution is 0.483. The largest absolute Gasteiger partial charge is 0.459 e. The summed E-state index contributed by atoms with van der Waals surface area (Å²) in [7, 11) is 2.00. The molecule has 1 aliphatic carbocycles. The summed E-state index contributed by atoms with van der Waals surface area (Å²) in [6, 6.07) is 8.64. The highest BCUT2D eigenvalue weighted by molar-refractivity contribution is 5.82. The van der Waals surface area contributed by atoms with Crippen LogP contribution in [0, 0.1) is 6.92 Å². The first kappa shape index (κ1) is 12.1. The fourth-order valence-electron chi connectivity index (χ4n) is 2.29. The van der Waals surface area contributed by atoms with Crippen LogP contribution < -0.4 is 5.73 Å². The summed E-state index contributed by atoms with van der Waals surface area (Å²) < 4.78 is 5.82. The molecule has 0 saturated heterocycles. The number of nitrogens with two attached hydrogens (primary N) is 1. The molecule has 0 unspecified atom stereocenters. The van der Waals surface area contributed by atoms with Crippen LogP contribution in [-0.2, 0) is 6.54 Å². The van der Waals surface area contributed by atoms with Gasteiger partial charge in [0.1, 0.15) is 17.9 Å². The molecule has 100 valence electrons. The zero-order valence-electron chi connectivity index (χ0n) is 11.4. The number of rotatable bonds is 3. The Morgan fingerprint density at radius 1 is 1.42 bits per heavy atom. The molecule has 1 heterocycles. The van der Waals surface area contributed by atoms with Crippen molar-refractivity contribution in [1.29, 1.82) is 0 Å². The Bertz CT molecular complexity index is 625. The number of hydrogen-bond donors (Lipinski definition) is 1. The van der Waals surface area contributed by atoms with E-state index in [-0.39, 0.29) is 0 Å². The van der Waals surface area contributed by atoms with Crippen molar-refractivity contribution >= 4 is 16.9 Å². The summed E-state index contributed by atoms with van der Waals surface area (Å²) in [5, 5.41) is 1.15. The van der Waals surface area contributed by atoms with Gasteiger partial charge in [0.25, 0.3) is 0 Å². The molecule has 4 nitrogen and oxygen atoms in total. The van der Waals surface area contributed by atoms with Gasteiger partial charge in [-0.05, 0) is 25.8 Å². The summed E-state index contributed by atoms with van der Waals surface area (Å²) in [6.45, 7) is 2.57. The number of aryl methyl sites for hydroxylation is 1. The van der Waals surface area contributed by atoms with Crippen molar-refractivity contribution in [2.75, 3.05) is 7.05 Å². The molecule has 0 atom stereocenters. The van der Waals surface area contributed by atoms with Crippen LogP contribution in [0.2, 0.25) is 0 Å². The maximum absolute atomic E-state index is 5.98. The van der Waals surface area contributed by atoms with E-state index in [1.54, 1.807) is 0 Å². The molecular formula is C15H19N3O. The fraction of sp³-hybridized carbons (Fsp3) is 0.400. The lowest BCUT2D eigenvalue weighted by Crippen LogP contribution is -2.35. The topological polar surface area (TPSA) is 54.8 Å². The van der Waals surface area contributed by atoms with Gasteiger partial charge in [-0.1, -0.05) is 18.2 Å². The van der Waals surface area contributed by atoms with E-state index in [1.807, 2.05) is 25.2 Å². The summed E-state index contributed by atoms with van der Waals surface area (Å²) in [4.78, 5) is 6.49. The molecular weight excluding hydrogens is 238 g/mol. The number of guanidine groups is 1. The number of para-hydroxylation sites is 1. The summed E-state index contributed by atoms with van der Waals surface area (Å²) in [5.41, 5.74) is 8.05. The maximum Gasteiger partial charge on any atom is 0.191 e. The molecule has 1 aromatic heterocycles. The quantitative estimate of drug-likeness (QED) is 0.679. The van der Waals surface area contributed by atoms with Crippen molar-refractivity contribution in [3.05, 3.63) is 35.6 Å². The van der Waals surface area contributed by atoms with Gasteiger partial charge >= 0.3 is 0 Å². The van der Waals surface area contributed by atoms with Crippen LogP contribution in [0.25, 0.3) is 11.0 Å². The minimum Gasteiger partial charge on any atom is -0.459 e. The average molecular weight is 257 g/mol. The van der Waals surface area contributed by atoms with Crippen LogP contribution in [0.5, 0.6) is 0 Å². The van der Waals surface area contributed by atoms with Crippen molar-refractivity contribution in [2.45, 2.75) is 32.4 Å². The Hall–Kier alpha value is -1.97. The molecule has 1 fully saturated rings. The fourth-order valence-corrected chi connectivity index (χ4v) is 2.29. The molecule has 2 N–H and O–H groups in total. The van der Waals surface area contributed by atoms with Crippen molar-refractivity contribution < 1.29 is 4.42 Å². The number of furan rings is 1. The maximum atomic E-state index is 5.98. The highest BCUT2D eigenvalue weighted by Gasteiger charge is 2.27. The lowest BCUT2D eigenvalue weighted by Gasteiger charge is -2.16. The van der Waals surface area contributed by atoms with Crippen molar-refractivity contribution in [1.82, 2.24) is 4.90 Å². The predicted molar refractivity (Wildman–Crippen MR) is 77.1 cm³/mol. The molecule has 4 heteroatoms. The van der Waals surface area contributed by atoms with Crippen molar-refractivity contribution in [2.24, 2.45) is 10.7 Å². The van der Waals surface area contributed by atoms with Gasteiger partial charge in [-0.3, -0.25) is 0 Å². The molecule has 0 bridgehead atoms. The van der Waals surface area contributed by atoms with Gasteiger partial charge in [-0.15, -0.1) is 0 Å². The first-order valence-electron chi connectivity index (χ1n) is 6.66. The Labute approximate surface area is 112 Å². The van der Waals surface area contributed by atoms with E-state index in [4.69, 9.17) is 10.2 Å².